The third-order valence-electron chi connectivity index (χ3n) is 4.72. The monoisotopic (exact) mass is 389 g/mol. The summed E-state index contributed by atoms with van der Waals surface area (Å²) in [7, 11) is 0. The predicted molar refractivity (Wildman–Crippen MR) is 104 cm³/mol. The molecule has 8 nitrogen and oxygen atoms in total. The Bertz CT molecular complexity index is 724. The number of likely N-dealkylation sites (tertiary alicyclic amines) is 1. The van der Waals surface area contributed by atoms with E-state index in [2.05, 4.69) is 5.32 Å². The lowest BCUT2D eigenvalue weighted by Crippen LogP contribution is -2.50. The van der Waals surface area contributed by atoms with Crippen molar-refractivity contribution in [2.24, 2.45) is 0 Å². The zero-order valence-electron chi connectivity index (χ0n) is 16.6. The van der Waals surface area contributed by atoms with Crippen LogP contribution in [0.5, 0.6) is 0 Å². The Morgan fingerprint density at radius 1 is 1.11 bits per heavy atom. The Kier molecular flexibility index (Phi) is 7.54. The Balaban J connectivity index is 1.92. The van der Waals surface area contributed by atoms with Gasteiger partial charge in [0, 0.05) is 37.3 Å². The van der Waals surface area contributed by atoms with E-state index in [1.165, 1.54) is 13.8 Å². The van der Waals surface area contributed by atoms with Crippen molar-refractivity contribution in [3.63, 3.8) is 0 Å². The van der Waals surface area contributed by atoms with E-state index >= 15 is 0 Å². The van der Waals surface area contributed by atoms with E-state index in [0.717, 1.165) is 0 Å². The van der Waals surface area contributed by atoms with Crippen molar-refractivity contribution >= 4 is 29.4 Å². The molecular weight excluding hydrogens is 362 g/mol. The van der Waals surface area contributed by atoms with Gasteiger partial charge in [-0.1, -0.05) is 0 Å². The fourth-order valence-corrected chi connectivity index (χ4v) is 3.22. The van der Waals surface area contributed by atoms with Gasteiger partial charge < -0.3 is 19.9 Å². The fourth-order valence-electron chi connectivity index (χ4n) is 3.22. The number of ketones is 1. The Labute approximate surface area is 164 Å². The number of hydrogen-bond donors (Lipinski definition) is 1. The second-order valence-electron chi connectivity index (χ2n) is 6.75. The number of amides is 3. The summed E-state index contributed by atoms with van der Waals surface area (Å²) >= 11 is 0. The molecule has 2 rings (SSSR count). The summed E-state index contributed by atoms with van der Waals surface area (Å²) in [5, 5.41) is 2.75. The van der Waals surface area contributed by atoms with Crippen LogP contribution in [0.25, 0.3) is 0 Å². The SMILES string of the molecule is CCOC(=O)N1CCC(N(CC(=O)Nc2ccc(C(C)=O)cc2)C(C)=O)CC1. The fraction of sp³-hybridized carbons (Fsp3) is 0.500. The van der Waals surface area contributed by atoms with Crippen molar-refractivity contribution in [1.29, 1.82) is 0 Å². The summed E-state index contributed by atoms with van der Waals surface area (Å²) in [4.78, 5) is 50.7. The zero-order chi connectivity index (χ0) is 20.7. The second kappa shape index (κ2) is 9.87. The van der Waals surface area contributed by atoms with Crippen LogP contribution in [-0.2, 0) is 14.3 Å². The molecule has 0 unspecified atom stereocenters. The Morgan fingerprint density at radius 2 is 1.71 bits per heavy atom. The van der Waals surface area contributed by atoms with E-state index in [0.29, 0.717) is 43.8 Å². The molecule has 0 aliphatic carbocycles. The highest BCUT2D eigenvalue weighted by atomic mass is 16.6. The van der Waals surface area contributed by atoms with Crippen LogP contribution < -0.4 is 5.32 Å². The van der Waals surface area contributed by atoms with Gasteiger partial charge in [0.2, 0.25) is 11.8 Å². The van der Waals surface area contributed by atoms with Gasteiger partial charge in [-0.2, -0.15) is 0 Å². The van der Waals surface area contributed by atoms with Crippen molar-refractivity contribution in [2.75, 3.05) is 31.6 Å². The van der Waals surface area contributed by atoms with E-state index in [1.807, 2.05) is 0 Å². The first-order valence-electron chi connectivity index (χ1n) is 9.41. The lowest BCUT2D eigenvalue weighted by atomic mass is 10.0. The van der Waals surface area contributed by atoms with Crippen LogP contribution in [0.3, 0.4) is 0 Å². The second-order valence-corrected chi connectivity index (χ2v) is 6.75. The summed E-state index contributed by atoms with van der Waals surface area (Å²) in [6.45, 7) is 5.91. The number of rotatable bonds is 6. The van der Waals surface area contributed by atoms with Gasteiger partial charge in [0.15, 0.2) is 5.78 Å². The highest BCUT2D eigenvalue weighted by Crippen LogP contribution is 2.18. The zero-order valence-corrected chi connectivity index (χ0v) is 16.6. The molecule has 152 valence electrons. The molecule has 1 aliphatic rings. The number of anilines is 1. The summed E-state index contributed by atoms with van der Waals surface area (Å²) in [6, 6.07) is 6.50. The molecule has 0 saturated carbocycles. The van der Waals surface area contributed by atoms with Gasteiger partial charge >= 0.3 is 6.09 Å². The molecular formula is C20H27N3O5. The highest BCUT2D eigenvalue weighted by molar-refractivity contribution is 5.96. The third-order valence-corrected chi connectivity index (χ3v) is 4.72. The van der Waals surface area contributed by atoms with Crippen molar-refractivity contribution in [1.82, 2.24) is 9.80 Å². The van der Waals surface area contributed by atoms with E-state index in [9.17, 15) is 19.2 Å². The van der Waals surface area contributed by atoms with Crippen LogP contribution in [0.15, 0.2) is 24.3 Å². The van der Waals surface area contributed by atoms with Crippen LogP contribution in [0.1, 0.15) is 44.0 Å². The van der Waals surface area contributed by atoms with E-state index in [1.54, 1.807) is 41.0 Å². The van der Waals surface area contributed by atoms with E-state index in [4.69, 9.17) is 4.74 Å². The molecule has 0 bridgehead atoms. The van der Waals surface area contributed by atoms with Crippen LogP contribution in [-0.4, -0.2) is 65.8 Å². The number of benzene rings is 1. The number of nitrogens with zero attached hydrogens (tertiary/aromatic N) is 2. The van der Waals surface area contributed by atoms with Crippen LogP contribution in [0.2, 0.25) is 0 Å². The number of ether oxygens (including phenoxy) is 1. The molecule has 3 amide bonds. The van der Waals surface area contributed by atoms with Gasteiger partial charge in [0.25, 0.3) is 0 Å². The lowest BCUT2D eigenvalue weighted by molar-refractivity contribution is -0.136. The van der Waals surface area contributed by atoms with Crippen molar-refractivity contribution < 1.29 is 23.9 Å². The molecule has 1 aromatic rings. The number of hydrogen-bond acceptors (Lipinski definition) is 5. The van der Waals surface area contributed by atoms with Crippen molar-refractivity contribution in [3.8, 4) is 0 Å². The molecule has 0 radical (unpaired) electrons. The van der Waals surface area contributed by atoms with Gasteiger partial charge in [-0.15, -0.1) is 0 Å². The van der Waals surface area contributed by atoms with Gasteiger partial charge in [-0.25, -0.2) is 4.79 Å². The minimum atomic E-state index is -0.345. The molecule has 28 heavy (non-hydrogen) atoms. The highest BCUT2D eigenvalue weighted by Gasteiger charge is 2.29. The summed E-state index contributed by atoms with van der Waals surface area (Å²) in [5.74, 6) is -0.537. The molecule has 0 atom stereocenters. The molecule has 1 N–H and O–H groups in total. The number of Topliss-reactive ketones (excluding diaryl/α,β-unsaturated/α-hetero) is 1. The first-order chi connectivity index (χ1) is 13.3. The molecule has 1 heterocycles. The van der Waals surface area contributed by atoms with E-state index in [-0.39, 0.29) is 36.3 Å². The van der Waals surface area contributed by atoms with Gasteiger partial charge in [0.1, 0.15) is 6.54 Å². The first kappa shape index (κ1) is 21.4. The van der Waals surface area contributed by atoms with Crippen molar-refractivity contribution in [2.45, 2.75) is 39.7 Å². The summed E-state index contributed by atoms with van der Waals surface area (Å²) < 4.78 is 5.00. The maximum absolute atomic E-state index is 12.4. The Morgan fingerprint density at radius 3 is 2.21 bits per heavy atom. The summed E-state index contributed by atoms with van der Waals surface area (Å²) in [6.07, 6.45) is 0.847. The molecule has 0 spiro atoms. The average molecular weight is 389 g/mol. The molecule has 0 aromatic heterocycles. The number of nitrogens with one attached hydrogen (secondary N) is 1. The molecule has 8 heteroatoms. The van der Waals surface area contributed by atoms with Gasteiger partial charge in [0.05, 0.1) is 6.61 Å². The standard InChI is InChI=1S/C20H27N3O5/c1-4-28-20(27)22-11-9-18(10-12-22)23(15(3)25)13-19(26)21-17-7-5-16(6-8-17)14(2)24/h5-8,18H,4,9-13H2,1-3H3,(H,21,26). The van der Waals surface area contributed by atoms with Crippen molar-refractivity contribution in [3.05, 3.63) is 29.8 Å². The number of carbonyl (C=O) groups is 4. The van der Waals surface area contributed by atoms with Crippen LogP contribution in [0.4, 0.5) is 10.5 Å². The first-order valence-corrected chi connectivity index (χ1v) is 9.41. The smallest absolute Gasteiger partial charge is 0.409 e. The Hall–Kier alpha value is -2.90. The third kappa shape index (κ3) is 5.80. The normalized spacial score (nSPS) is 14.3. The maximum atomic E-state index is 12.4. The molecule has 1 aromatic carbocycles. The number of carbonyl (C=O) groups excluding carboxylic acids is 4. The van der Waals surface area contributed by atoms with Crippen LogP contribution >= 0.6 is 0 Å². The maximum Gasteiger partial charge on any atom is 0.409 e. The molecule has 1 aliphatic heterocycles. The number of piperidine rings is 1. The largest absolute Gasteiger partial charge is 0.450 e. The predicted octanol–water partition coefficient (Wildman–Crippen LogP) is 2.30. The lowest BCUT2D eigenvalue weighted by Gasteiger charge is -2.37. The topological polar surface area (TPSA) is 96.0 Å². The minimum absolute atomic E-state index is 0.0465. The quantitative estimate of drug-likeness (QED) is 0.753. The molecule has 1 saturated heterocycles. The van der Waals surface area contributed by atoms with Crippen LogP contribution in [0, 0.1) is 0 Å². The molecule has 1 fully saturated rings. The average Bonchev–Trinajstić information content (AvgIpc) is 2.66. The van der Waals surface area contributed by atoms with Gasteiger partial charge in [-0.3, -0.25) is 14.4 Å². The summed E-state index contributed by atoms with van der Waals surface area (Å²) in [5.41, 5.74) is 1.13. The minimum Gasteiger partial charge on any atom is -0.450 e. The van der Waals surface area contributed by atoms with Gasteiger partial charge in [-0.05, 0) is 51.0 Å². The van der Waals surface area contributed by atoms with E-state index < -0.39 is 0 Å².